The molecule has 2 saturated heterocycles. The summed E-state index contributed by atoms with van der Waals surface area (Å²) in [4.78, 5) is 0. The van der Waals surface area contributed by atoms with Gasteiger partial charge in [-0.25, -0.2) is 13.8 Å². The molecule has 4 unspecified atom stereocenters. The van der Waals surface area contributed by atoms with Gasteiger partial charge in [0.15, 0.2) is 5.41 Å². The van der Waals surface area contributed by atoms with Gasteiger partial charge in [-0.1, -0.05) is 27.4 Å². The molecule has 1 saturated carbocycles. The molecule has 3 fully saturated rings. The van der Waals surface area contributed by atoms with Gasteiger partial charge in [0.05, 0.1) is 0 Å². The van der Waals surface area contributed by atoms with Gasteiger partial charge in [-0.15, -0.1) is 5.69 Å². The van der Waals surface area contributed by atoms with Gasteiger partial charge < -0.3 is 5.73 Å². The van der Waals surface area contributed by atoms with Crippen molar-refractivity contribution in [2.45, 2.75) is 36.8 Å². The Balaban J connectivity index is 0.00000161. The second-order valence-electron chi connectivity index (χ2n) is 5.78. The first kappa shape index (κ1) is 17.3. The second kappa shape index (κ2) is 6.20. The normalized spacial score (nSPS) is 31.0. The van der Waals surface area contributed by atoms with Crippen LogP contribution in [0.1, 0.15) is 24.8 Å². The summed E-state index contributed by atoms with van der Waals surface area (Å²) in [5.41, 5.74) is 10.4. The maximum atomic E-state index is 15.2. The van der Waals surface area contributed by atoms with E-state index in [-0.39, 0.29) is 38.2 Å². The molecule has 1 aromatic rings. The second-order valence-corrected chi connectivity index (χ2v) is 6.62. The Bertz CT molecular complexity index is 517. The average molecular weight is 482 g/mol. The molecule has 0 amide bonds. The molecule has 7 heteroatoms. The smallest absolute Gasteiger partial charge is 0.154 e. The van der Waals surface area contributed by atoms with Crippen LogP contribution >= 0.6 is 9.24 Å². The Morgan fingerprint density at radius 2 is 1.95 bits per heavy atom. The summed E-state index contributed by atoms with van der Waals surface area (Å²) in [6.45, 7) is 0. The number of alkyl halides is 1. The van der Waals surface area contributed by atoms with Gasteiger partial charge in [-0.3, -0.25) is 5.43 Å². The third-order valence-corrected chi connectivity index (χ3v) is 5.49. The molecular formula is C14H19F2N3PW-. The third-order valence-electron chi connectivity index (χ3n) is 4.71. The van der Waals surface area contributed by atoms with Crippen molar-refractivity contribution in [3.63, 3.8) is 0 Å². The van der Waals surface area contributed by atoms with Crippen molar-refractivity contribution < 1.29 is 29.8 Å². The van der Waals surface area contributed by atoms with Gasteiger partial charge >= 0.3 is 0 Å². The topological polar surface area (TPSA) is 39.1 Å². The maximum absolute atomic E-state index is 15.2. The van der Waals surface area contributed by atoms with Crippen LogP contribution in [-0.4, -0.2) is 24.1 Å². The molecular weight excluding hydrogens is 463 g/mol. The molecule has 21 heavy (non-hydrogen) atoms. The van der Waals surface area contributed by atoms with Gasteiger partial charge in [-0.05, 0) is 26.3 Å². The van der Waals surface area contributed by atoms with Crippen molar-refractivity contribution in [2.75, 3.05) is 7.05 Å². The monoisotopic (exact) mass is 482 g/mol. The Morgan fingerprint density at radius 1 is 1.33 bits per heavy atom. The van der Waals surface area contributed by atoms with E-state index < -0.39 is 11.2 Å². The third kappa shape index (κ3) is 2.79. The Morgan fingerprint density at radius 3 is 2.52 bits per heavy atom. The van der Waals surface area contributed by atoms with Crippen molar-refractivity contribution in [2.24, 2.45) is 5.92 Å². The zero-order valence-electron chi connectivity index (χ0n) is 11.8. The number of nitrogens with zero attached hydrogens (tertiary/aromatic N) is 1. The fourth-order valence-corrected chi connectivity index (χ4v) is 4.13. The van der Waals surface area contributed by atoms with Crippen LogP contribution in [0.25, 0.3) is 5.73 Å². The first-order chi connectivity index (χ1) is 9.45. The number of piperidine rings is 1. The Hall–Kier alpha value is -0.0817. The van der Waals surface area contributed by atoms with E-state index in [4.69, 9.17) is 5.73 Å². The summed E-state index contributed by atoms with van der Waals surface area (Å²) in [6.07, 6.45) is 2.50. The van der Waals surface area contributed by atoms with Crippen LogP contribution in [0.2, 0.25) is 0 Å². The molecule has 1 aliphatic carbocycles. The van der Waals surface area contributed by atoms with Crippen LogP contribution in [-0.2, 0) is 26.5 Å². The molecule has 1 aromatic carbocycles. The first-order valence-electron chi connectivity index (χ1n) is 6.89. The first-order valence-corrected chi connectivity index (χ1v) is 7.47. The number of rotatable bonds is 3. The number of fused-ring (bicyclic) bond motifs is 2. The fourth-order valence-electron chi connectivity index (χ4n) is 3.63. The van der Waals surface area contributed by atoms with E-state index in [1.165, 1.54) is 12.1 Å². The van der Waals surface area contributed by atoms with E-state index in [9.17, 15) is 4.39 Å². The molecule has 0 spiro atoms. The minimum atomic E-state index is -1.79. The zero-order valence-corrected chi connectivity index (χ0v) is 15.9. The molecule has 3 aliphatic rings. The molecule has 2 N–H and O–H groups in total. The van der Waals surface area contributed by atoms with E-state index in [1.54, 1.807) is 6.07 Å². The summed E-state index contributed by atoms with van der Waals surface area (Å²) in [5.74, 6) is -0.966. The predicted octanol–water partition coefficient (Wildman–Crippen LogP) is 3.49. The average Bonchev–Trinajstić information content (AvgIpc) is 2.42. The van der Waals surface area contributed by atoms with Gasteiger partial charge in [0.2, 0.25) is 0 Å². The molecule has 116 valence electrons. The predicted molar refractivity (Wildman–Crippen MR) is 78.7 cm³/mol. The van der Waals surface area contributed by atoms with Crippen molar-refractivity contribution in [1.29, 1.82) is 0 Å². The standard InChI is InChI=1S/C14H19F2N3P.W/c1-18-19-9-5-8(6-10(19)7-9)14(16,20)11-3-2-4-12(17)13(11)15;/h2-4,8-10,17-18H,5-7,20H2,1H3;/q-1;. The SMILES string of the molecule is CNN1C2CC1CC(C(F)(P)c1cccc([NH-])c1F)C2.[W]. The van der Waals surface area contributed by atoms with E-state index in [1.807, 2.05) is 7.05 Å². The summed E-state index contributed by atoms with van der Waals surface area (Å²) in [6, 6.07) is 5.02. The van der Waals surface area contributed by atoms with E-state index >= 15 is 4.39 Å². The summed E-state index contributed by atoms with van der Waals surface area (Å²) >= 11 is 0. The van der Waals surface area contributed by atoms with Crippen molar-refractivity contribution in [3.8, 4) is 0 Å². The maximum Gasteiger partial charge on any atom is 0.154 e. The molecule has 4 atom stereocenters. The van der Waals surface area contributed by atoms with Crippen LogP contribution in [0, 0.1) is 11.7 Å². The van der Waals surface area contributed by atoms with Crippen LogP contribution in [0.15, 0.2) is 18.2 Å². The summed E-state index contributed by atoms with van der Waals surface area (Å²) < 4.78 is 29.2. The molecule has 2 bridgehead atoms. The minimum absolute atomic E-state index is 0. The summed E-state index contributed by atoms with van der Waals surface area (Å²) in [7, 11) is 4.07. The number of hydrogen-bond donors (Lipinski definition) is 1. The Kier molecular flexibility index (Phi) is 5.10. The van der Waals surface area contributed by atoms with Gasteiger partial charge in [0.25, 0.3) is 0 Å². The van der Waals surface area contributed by atoms with Gasteiger partial charge in [0.1, 0.15) is 5.82 Å². The van der Waals surface area contributed by atoms with Crippen LogP contribution in [0.4, 0.5) is 14.5 Å². The quantitative estimate of drug-likeness (QED) is 0.671. The van der Waals surface area contributed by atoms with Crippen LogP contribution in [0.3, 0.4) is 0 Å². The number of nitrogens with one attached hydrogen (secondary N) is 2. The summed E-state index contributed by atoms with van der Waals surface area (Å²) in [5, 5.41) is 0.367. The zero-order chi connectivity index (χ0) is 14.5. The molecule has 3 nitrogen and oxygen atoms in total. The van der Waals surface area contributed by atoms with E-state index in [0.717, 1.165) is 6.42 Å². The molecule has 2 heterocycles. The van der Waals surface area contributed by atoms with Gasteiger partial charge in [-0.2, -0.15) is 0 Å². The number of benzene rings is 1. The van der Waals surface area contributed by atoms with Crippen LogP contribution in [0.5, 0.6) is 0 Å². The number of halogens is 2. The fraction of sp³-hybridized carbons (Fsp3) is 0.571. The minimum Gasteiger partial charge on any atom is -0.696 e. The van der Waals surface area contributed by atoms with E-state index in [2.05, 4.69) is 19.7 Å². The molecule has 2 aliphatic heterocycles. The molecule has 0 aromatic heterocycles. The molecule has 4 rings (SSSR count). The van der Waals surface area contributed by atoms with E-state index in [0.29, 0.717) is 24.9 Å². The van der Waals surface area contributed by atoms with Gasteiger partial charge in [0, 0.05) is 44.6 Å². The van der Waals surface area contributed by atoms with Crippen LogP contribution < -0.4 is 5.43 Å². The van der Waals surface area contributed by atoms with Crippen molar-refractivity contribution >= 4 is 14.9 Å². The molecule has 0 radical (unpaired) electrons. The largest absolute Gasteiger partial charge is 0.696 e. The number of hydrazine groups is 1. The van der Waals surface area contributed by atoms with Crippen molar-refractivity contribution in [1.82, 2.24) is 10.4 Å². The van der Waals surface area contributed by atoms with Crippen molar-refractivity contribution in [3.05, 3.63) is 35.3 Å². The number of hydrogen-bond acceptors (Lipinski definition) is 2. The Labute approximate surface area is 140 Å².